The van der Waals surface area contributed by atoms with Gasteiger partial charge in [-0.2, -0.15) is 18.2 Å². The van der Waals surface area contributed by atoms with Crippen molar-refractivity contribution in [3.05, 3.63) is 78.4 Å². The maximum absolute atomic E-state index is 13.1. The number of nitrogens with zero attached hydrogens (tertiary/aromatic N) is 2. The summed E-state index contributed by atoms with van der Waals surface area (Å²) in [5.74, 6) is 0.684. The molecule has 0 fully saturated rings. The molecule has 0 aliphatic rings. The number of rotatable bonds is 7. The molecule has 0 radical (unpaired) electrons. The Hall–Kier alpha value is -4.34. The van der Waals surface area contributed by atoms with Crippen molar-refractivity contribution in [1.82, 2.24) is 10.1 Å². The van der Waals surface area contributed by atoms with Gasteiger partial charge in [-0.25, -0.2) is 0 Å². The molecule has 1 N–H and O–H groups in total. The largest absolute Gasteiger partial charge is 0.497 e. The topological polar surface area (TPSA) is 86.5 Å². The second-order valence-electron chi connectivity index (χ2n) is 7.03. The first-order valence-electron chi connectivity index (χ1n) is 10.0. The highest BCUT2D eigenvalue weighted by atomic mass is 19.4. The van der Waals surface area contributed by atoms with Crippen LogP contribution >= 0.6 is 0 Å². The number of benzene rings is 3. The fourth-order valence-corrected chi connectivity index (χ4v) is 3.13. The van der Waals surface area contributed by atoms with Gasteiger partial charge in [0.1, 0.15) is 11.5 Å². The summed E-state index contributed by atoms with van der Waals surface area (Å²) in [7, 11) is 1.56. The molecule has 34 heavy (non-hydrogen) atoms. The molecule has 3 aromatic carbocycles. The molecule has 0 spiro atoms. The molecular weight excluding hydrogens is 451 g/mol. The summed E-state index contributed by atoms with van der Waals surface area (Å²) in [6.45, 7) is -0.525. The average Bonchev–Trinajstić information content (AvgIpc) is 3.33. The average molecular weight is 469 g/mol. The normalized spacial score (nSPS) is 11.2. The number of hydrogen-bond donors (Lipinski definition) is 1. The molecular formula is C24H18F3N3O4. The van der Waals surface area contributed by atoms with E-state index in [9.17, 15) is 18.0 Å². The molecule has 0 saturated carbocycles. The lowest BCUT2D eigenvalue weighted by Crippen LogP contribution is -2.22. The zero-order chi connectivity index (χ0) is 24.1. The van der Waals surface area contributed by atoms with E-state index in [0.29, 0.717) is 22.7 Å². The number of nitrogens with one attached hydrogen (secondary N) is 1. The van der Waals surface area contributed by atoms with E-state index in [1.807, 2.05) is 0 Å². The fraction of sp³-hybridized carbons (Fsp3) is 0.125. The molecule has 0 aliphatic carbocycles. The summed E-state index contributed by atoms with van der Waals surface area (Å²) in [6.07, 6.45) is -4.60. The summed E-state index contributed by atoms with van der Waals surface area (Å²) >= 11 is 0. The van der Waals surface area contributed by atoms with E-state index in [1.54, 1.807) is 55.6 Å². The number of anilines is 1. The number of aromatic nitrogens is 2. The maximum atomic E-state index is 13.1. The van der Waals surface area contributed by atoms with Gasteiger partial charge in [0, 0.05) is 5.56 Å². The number of carbonyl (C=O) groups excluding carboxylic acids is 1. The van der Waals surface area contributed by atoms with Crippen molar-refractivity contribution >= 4 is 11.6 Å². The van der Waals surface area contributed by atoms with Gasteiger partial charge in [-0.15, -0.1) is 0 Å². The molecule has 0 saturated heterocycles. The molecule has 10 heteroatoms. The SMILES string of the molecule is COc1ccc(-c2noc(-c3ccccc3OCC(=O)Nc3ccccc3C(F)(F)F)n2)cc1. The molecule has 0 unspecified atom stereocenters. The third-order valence-corrected chi connectivity index (χ3v) is 4.76. The van der Waals surface area contributed by atoms with Crippen LogP contribution in [0.3, 0.4) is 0 Å². The molecule has 1 aromatic heterocycles. The maximum Gasteiger partial charge on any atom is 0.418 e. The molecule has 1 heterocycles. The number of para-hydroxylation sites is 2. The first kappa shape index (κ1) is 22.8. The number of ether oxygens (including phenoxy) is 2. The monoisotopic (exact) mass is 469 g/mol. The molecule has 0 bridgehead atoms. The molecule has 174 valence electrons. The second-order valence-corrected chi connectivity index (χ2v) is 7.03. The molecule has 7 nitrogen and oxygen atoms in total. The third-order valence-electron chi connectivity index (χ3n) is 4.76. The van der Waals surface area contributed by atoms with E-state index in [1.165, 1.54) is 18.2 Å². The van der Waals surface area contributed by atoms with Crippen molar-refractivity contribution < 1.29 is 32.0 Å². The molecule has 0 atom stereocenters. The van der Waals surface area contributed by atoms with Gasteiger partial charge in [0.05, 0.1) is 23.9 Å². The van der Waals surface area contributed by atoms with E-state index in [-0.39, 0.29) is 17.3 Å². The standard InChI is InChI=1S/C24H18F3N3O4/c1-32-16-12-10-15(11-13-16)22-29-23(34-30-22)17-6-2-5-9-20(17)33-14-21(31)28-19-8-4-3-7-18(19)24(25,26)27/h2-13H,14H2,1H3,(H,28,31). The lowest BCUT2D eigenvalue weighted by Gasteiger charge is -2.14. The highest BCUT2D eigenvalue weighted by Gasteiger charge is 2.33. The van der Waals surface area contributed by atoms with Crippen molar-refractivity contribution in [2.45, 2.75) is 6.18 Å². The minimum atomic E-state index is -4.60. The van der Waals surface area contributed by atoms with E-state index in [0.717, 1.165) is 6.07 Å². The van der Waals surface area contributed by atoms with Gasteiger partial charge in [0.15, 0.2) is 6.61 Å². The Labute approximate surface area is 192 Å². The minimum Gasteiger partial charge on any atom is -0.497 e. The molecule has 0 aliphatic heterocycles. The van der Waals surface area contributed by atoms with Gasteiger partial charge in [0.2, 0.25) is 5.82 Å². The van der Waals surface area contributed by atoms with Gasteiger partial charge in [0.25, 0.3) is 11.8 Å². The van der Waals surface area contributed by atoms with Crippen LogP contribution in [0.4, 0.5) is 18.9 Å². The summed E-state index contributed by atoms with van der Waals surface area (Å²) in [4.78, 5) is 16.7. The van der Waals surface area contributed by atoms with Crippen molar-refractivity contribution in [2.24, 2.45) is 0 Å². The van der Waals surface area contributed by atoms with Crippen LogP contribution in [0.2, 0.25) is 0 Å². The Balaban J connectivity index is 1.48. The van der Waals surface area contributed by atoms with Crippen molar-refractivity contribution in [3.8, 4) is 34.3 Å². The van der Waals surface area contributed by atoms with Crippen LogP contribution in [-0.4, -0.2) is 29.8 Å². The molecule has 1 amide bonds. The van der Waals surface area contributed by atoms with Gasteiger partial charge >= 0.3 is 6.18 Å². The van der Waals surface area contributed by atoms with Crippen molar-refractivity contribution in [1.29, 1.82) is 0 Å². The Kier molecular flexibility index (Phi) is 6.48. The number of methoxy groups -OCH3 is 1. The van der Waals surface area contributed by atoms with Gasteiger partial charge in [-0.05, 0) is 48.5 Å². The third kappa shape index (κ3) is 5.17. The van der Waals surface area contributed by atoms with Gasteiger partial charge in [-0.3, -0.25) is 4.79 Å². The summed E-state index contributed by atoms with van der Waals surface area (Å²) in [5.41, 5.74) is -0.159. The molecule has 4 aromatic rings. The summed E-state index contributed by atoms with van der Waals surface area (Å²) < 4.78 is 55.5. The van der Waals surface area contributed by atoms with Gasteiger partial charge < -0.3 is 19.3 Å². The quantitative estimate of drug-likeness (QED) is 0.388. The Bertz CT molecular complexity index is 1290. The predicted octanol–water partition coefficient (Wildman–Crippen LogP) is 5.45. The number of carbonyl (C=O) groups is 1. The number of alkyl halides is 3. The van der Waals surface area contributed by atoms with E-state index < -0.39 is 24.3 Å². The number of amides is 1. The van der Waals surface area contributed by atoms with Crippen LogP contribution in [0.15, 0.2) is 77.3 Å². The van der Waals surface area contributed by atoms with Crippen molar-refractivity contribution in [2.75, 3.05) is 19.0 Å². The number of halogens is 3. The lowest BCUT2D eigenvalue weighted by molar-refractivity contribution is -0.137. The highest BCUT2D eigenvalue weighted by Crippen LogP contribution is 2.35. The van der Waals surface area contributed by atoms with Crippen LogP contribution < -0.4 is 14.8 Å². The minimum absolute atomic E-state index is 0.157. The van der Waals surface area contributed by atoms with Crippen molar-refractivity contribution in [3.63, 3.8) is 0 Å². The zero-order valence-electron chi connectivity index (χ0n) is 17.8. The first-order chi connectivity index (χ1) is 16.3. The smallest absolute Gasteiger partial charge is 0.418 e. The lowest BCUT2D eigenvalue weighted by atomic mass is 10.1. The summed E-state index contributed by atoms with van der Waals surface area (Å²) in [5, 5.41) is 6.21. The van der Waals surface area contributed by atoms with E-state index in [4.69, 9.17) is 14.0 Å². The fourth-order valence-electron chi connectivity index (χ4n) is 3.13. The van der Waals surface area contributed by atoms with E-state index >= 15 is 0 Å². The number of hydrogen-bond acceptors (Lipinski definition) is 6. The van der Waals surface area contributed by atoms with Gasteiger partial charge in [-0.1, -0.05) is 29.4 Å². The molecule has 4 rings (SSSR count). The Morgan fingerprint density at radius 3 is 2.44 bits per heavy atom. The summed E-state index contributed by atoms with van der Waals surface area (Å²) in [6, 6.07) is 18.4. The van der Waals surface area contributed by atoms with Crippen LogP contribution in [-0.2, 0) is 11.0 Å². The second kappa shape index (κ2) is 9.65. The van der Waals surface area contributed by atoms with Crippen LogP contribution in [0, 0.1) is 0 Å². The van der Waals surface area contributed by atoms with Crippen LogP contribution in [0.1, 0.15) is 5.56 Å². The highest BCUT2D eigenvalue weighted by molar-refractivity contribution is 5.92. The van der Waals surface area contributed by atoms with Crippen LogP contribution in [0.5, 0.6) is 11.5 Å². The predicted molar refractivity (Wildman–Crippen MR) is 117 cm³/mol. The van der Waals surface area contributed by atoms with Crippen LogP contribution in [0.25, 0.3) is 22.8 Å². The Morgan fingerprint density at radius 2 is 1.71 bits per heavy atom. The van der Waals surface area contributed by atoms with E-state index in [2.05, 4.69) is 15.5 Å². The first-order valence-corrected chi connectivity index (χ1v) is 10.0. The Morgan fingerprint density at radius 1 is 1.00 bits per heavy atom. The zero-order valence-corrected chi connectivity index (χ0v) is 17.8.